The standard InChI is InChI=1S/C85H153NO18/c1-3-5-7-9-11-13-15-17-19-21-23-25-27-29-31-33-35-36-38-40-42-44-46-48-50-52-54-56-58-60-62-69(90)68(86-73(91)63-61-59-57-55-53-51-49-47-45-43-41-39-37-34-32-30-28-26-24-22-20-18-16-14-12-10-8-6-4-2)67-99-83-79(97)76(94)81(71(65-88)101-83)104-85-80(98)77(95)82(72(66-89)102-85)103-84-78(96)75(93)74(92)70(64-87)100-84/h6,8,12,14,18,20,24,26,30,32,60,62,68-72,74-85,87-90,92-98H,3-5,7,9-11,13,15-17,19,21-23,25,27-29,31,33-59,61,63-67H2,1-2H3,(H,86,91)/b8-6-,14-12-,20-18-,26-24-,32-30-,62-60+. The third kappa shape index (κ3) is 44.2. The molecule has 0 aromatic rings. The van der Waals surface area contributed by atoms with Gasteiger partial charge in [-0.1, -0.05) is 331 Å². The minimum Gasteiger partial charge on any atom is -0.394 e. The second-order valence-corrected chi connectivity index (χ2v) is 29.9. The number of nitrogens with one attached hydrogen (secondary N) is 1. The van der Waals surface area contributed by atoms with Gasteiger partial charge in [0.15, 0.2) is 18.9 Å². The van der Waals surface area contributed by atoms with Crippen molar-refractivity contribution in [2.75, 3.05) is 26.4 Å². The van der Waals surface area contributed by atoms with Crippen LogP contribution in [-0.4, -0.2) is 193 Å². The average Bonchev–Trinajstić information content (AvgIpc) is 0.781. The second kappa shape index (κ2) is 65.0. The summed E-state index contributed by atoms with van der Waals surface area (Å²) in [6, 6.07) is -0.979. The number of carbonyl (C=O) groups is 1. The molecule has 0 aromatic carbocycles. The first-order valence-electron chi connectivity index (χ1n) is 42.2. The smallest absolute Gasteiger partial charge is 0.220 e. The van der Waals surface area contributed by atoms with Crippen LogP contribution in [0.1, 0.15) is 328 Å². The van der Waals surface area contributed by atoms with Crippen LogP contribution in [0.5, 0.6) is 0 Å². The summed E-state index contributed by atoms with van der Waals surface area (Å²) in [4.78, 5) is 13.5. The van der Waals surface area contributed by atoms with Crippen molar-refractivity contribution < 1.29 is 89.4 Å². The van der Waals surface area contributed by atoms with Gasteiger partial charge < -0.3 is 89.9 Å². The van der Waals surface area contributed by atoms with Crippen LogP contribution >= 0.6 is 0 Å². The topological polar surface area (TPSA) is 307 Å². The molecule has 17 atom stereocenters. The first kappa shape index (κ1) is 95.4. The van der Waals surface area contributed by atoms with E-state index in [0.717, 1.165) is 83.5 Å². The summed E-state index contributed by atoms with van der Waals surface area (Å²) in [5.74, 6) is -0.275. The van der Waals surface area contributed by atoms with Crippen LogP contribution in [0.2, 0.25) is 0 Å². The highest BCUT2D eigenvalue weighted by Crippen LogP contribution is 2.33. The number of hydrogen-bond acceptors (Lipinski definition) is 18. The number of aliphatic hydroxyl groups is 11. The molecule has 0 bridgehead atoms. The van der Waals surface area contributed by atoms with Gasteiger partial charge in [-0.25, -0.2) is 0 Å². The maximum absolute atomic E-state index is 13.5. The summed E-state index contributed by atoms with van der Waals surface area (Å²) >= 11 is 0. The highest BCUT2D eigenvalue weighted by Gasteiger charge is 2.54. The average molecular weight is 1480 g/mol. The Bertz CT molecular complexity index is 2160. The van der Waals surface area contributed by atoms with E-state index in [0.29, 0.717) is 6.42 Å². The molecule has 3 heterocycles. The molecule has 104 heavy (non-hydrogen) atoms. The first-order chi connectivity index (χ1) is 50.8. The lowest BCUT2D eigenvalue weighted by molar-refractivity contribution is -0.379. The van der Waals surface area contributed by atoms with Gasteiger partial charge in [-0.2, -0.15) is 0 Å². The van der Waals surface area contributed by atoms with Crippen molar-refractivity contribution in [1.29, 1.82) is 0 Å². The number of allylic oxidation sites excluding steroid dienone is 11. The largest absolute Gasteiger partial charge is 0.394 e. The van der Waals surface area contributed by atoms with Crippen molar-refractivity contribution in [2.45, 2.75) is 433 Å². The van der Waals surface area contributed by atoms with Crippen molar-refractivity contribution in [3.8, 4) is 0 Å². The number of rotatable bonds is 67. The van der Waals surface area contributed by atoms with Crippen LogP contribution in [0.15, 0.2) is 72.9 Å². The van der Waals surface area contributed by atoms with Gasteiger partial charge in [0.2, 0.25) is 5.91 Å². The van der Waals surface area contributed by atoms with Gasteiger partial charge in [0.25, 0.3) is 0 Å². The monoisotopic (exact) mass is 1480 g/mol. The molecule has 19 heteroatoms. The Morgan fingerprint density at radius 2 is 0.663 bits per heavy atom. The van der Waals surface area contributed by atoms with Gasteiger partial charge in [0.05, 0.1) is 38.6 Å². The van der Waals surface area contributed by atoms with Gasteiger partial charge in [-0.05, 0) is 64.2 Å². The van der Waals surface area contributed by atoms with E-state index in [1.807, 2.05) is 6.08 Å². The minimum absolute atomic E-state index is 0.239. The lowest BCUT2D eigenvalue weighted by Crippen LogP contribution is -2.66. The molecule has 0 aliphatic carbocycles. The minimum atomic E-state index is -1.98. The summed E-state index contributed by atoms with van der Waals surface area (Å²) in [5.41, 5.74) is 0. The zero-order valence-electron chi connectivity index (χ0n) is 65.0. The zero-order valence-corrected chi connectivity index (χ0v) is 65.0. The number of hydrogen-bond donors (Lipinski definition) is 12. The Morgan fingerprint density at radius 3 is 1.04 bits per heavy atom. The third-order valence-electron chi connectivity index (χ3n) is 20.8. The predicted octanol–water partition coefficient (Wildman–Crippen LogP) is 14.8. The van der Waals surface area contributed by atoms with E-state index in [1.165, 1.54) is 218 Å². The van der Waals surface area contributed by atoms with Gasteiger partial charge in [0.1, 0.15) is 73.2 Å². The predicted molar refractivity (Wildman–Crippen MR) is 415 cm³/mol. The summed E-state index contributed by atoms with van der Waals surface area (Å²) in [6.45, 7) is 1.66. The Morgan fingerprint density at radius 1 is 0.356 bits per heavy atom. The van der Waals surface area contributed by atoms with Crippen molar-refractivity contribution in [2.24, 2.45) is 0 Å². The lowest BCUT2D eigenvalue weighted by atomic mass is 9.96. The molecule has 3 aliphatic heterocycles. The molecule has 17 unspecified atom stereocenters. The molecule has 12 N–H and O–H groups in total. The normalized spacial score (nSPS) is 26.3. The highest BCUT2D eigenvalue weighted by atomic mass is 16.8. The van der Waals surface area contributed by atoms with E-state index < -0.39 is 124 Å². The first-order valence-corrected chi connectivity index (χ1v) is 42.2. The Labute approximate surface area is 629 Å². The lowest BCUT2D eigenvalue weighted by Gasteiger charge is -2.48. The maximum Gasteiger partial charge on any atom is 0.220 e. The van der Waals surface area contributed by atoms with Crippen LogP contribution < -0.4 is 5.32 Å². The number of aliphatic hydroxyl groups excluding tert-OH is 11. The van der Waals surface area contributed by atoms with E-state index >= 15 is 0 Å². The zero-order chi connectivity index (χ0) is 75.3. The number of carbonyl (C=O) groups excluding carboxylic acids is 1. The molecular weight excluding hydrogens is 1320 g/mol. The fourth-order valence-corrected chi connectivity index (χ4v) is 14.0. The summed E-state index contributed by atoms with van der Waals surface area (Å²) in [5, 5.41) is 121. The van der Waals surface area contributed by atoms with Gasteiger partial charge >= 0.3 is 0 Å². The van der Waals surface area contributed by atoms with Crippen molar-refractivity contribution in [1.82, 2.24) is 5.32 Å². The molecule has 0 saturated carbocycles. The molecule has 19 nitrogen and oxygen atoms in total. The number of ether oxygens (including phenoxy) is 6. The molecular formula is C85H153NO18. The fraction of sp³-hybridized carbons (Fsp3) is 0.847. The van der Waals surface area contributed by atoms with E-state index in [2.05, 4.69) is 79.9 Å². The third-order valence-corrected chi connectivity index (χ3v) is 20.8. The highest BCUT2D eigenvalue weighted by molar-refractivity contribution is 5.76. The second-order valence-electron chi connectivity index (χ2n) is 29.9. The van der Waals surface area contributed by atoms with Crippen LogP contribution in [0, 0.1) is 0 Å². The molecule has 3 fully saturated rings. The number of unbranched alkanes of at least 4 members (excludes halogenated alkanes) is 41. The van der Waals surface area contributed by atoms with E-state index in [1.54, 1.807) is 6.08 Å². The van der Waals surface area contributed by atoms with Crippen molar-refractivity contribution in [3.63, 3.8) is 0 Å². The van der Waals surface area contributed by atoms with Gasteiger partial charge in [-0.15, -0.1) is 0 Å². The van der Waals surface area contributed by atoms with E-state index in [9.17, 15) is 61.0 Å². The van der Waals surface area contributed by atoms with Crippen LogP contribution in [0.4, 0.5) is 0 Å². The molecule has 0 spiro atoms. The molecule has 0 aromatic heterocycles. The van der Waals surface area contributed by atoms with Gasteiger partial charge in [-0.3, -0.25) is 4.79 Å². The Hall–Kier alpha value is -2.77. The maximum atomic E-state index is 13.5. The molecule has 606 valence electrons. The summed E-state index contributed by atoms with van der Waals surface area (Å²) < 4.78 is 34.5. The Balaban J connectivity index is 1.36. The van der Waals surface area contributed by atoms with Gasteiger partial charge in [0, 0.05) is 6.42 Å². The van der Waals surface area contributed by atoms with Crippen LogP contribution in [0.25, 0.3) is 0 Å². The summed E-state index contributed by atoms with van der Waals surface area (Å²) in [6.07, 6.45) is 58.9. The summed E-state index contributed by atoms with van der Waals surface area (Å²) in [7, 11) is 0. The van der Waals surface area contributed by atoms with E-state index in [4.69, 9.17) is 28.4 Å². The molecule has 3 rings (SSSR count). The molecule has 3 saturated heterocycles. The molecule has 0 radical (unpaired) electrons. The van der Waals surface area contributed by atoms with Crippen LogP contribution in [0.3, 0.4) is 0 Å². The number of amides is 1. The molecule has 1 amide bonds. The van der Waals surface area contributed by atoms with E-state index in [-0.39, 0.29) is 18.9 Å². The fourth-order valence-electron chi connectivity index (χ4n) is 14.0. The van der Waals surface area contributed by atoms with Crippen LogP contribution in [-0.2, 0) is 33.2 Å². The quantitative estimate of drug-likeness (QED) is 0.0199. The SMILES string of the molecule is CC/C=C\C/C=C\C/C=C\C/C=C\C/C=C\CCCCCCCCCCCCCCCC(=O)NC(COC1OC(CO)C(OC2OC(CO)C(OC3OC(CO)C(O)C(O)C3O)C(O)C2O)C(O)C1O)C(O)/C=C/CCCCCCCCCCCCCCCCCCCCCCCCCCCCCC. The Kier molecular flexibility index (Phi) is 59.6. The molecule has 3 aliphatic rings. The van der Waals surface area contributed by atoms with Crippen molar-refractivity contribution in [3.05, 3.63) is 72.9 Å². The van der Waals surface area contributed by atoms with Crippen molar-refractivity contribution >= 4 is 5.91 Å².